The number of rotatable bonds is 16. The van der Waals surface area contributed by atoms with Crippen LogP contribution in [-0.4, -0.2) is 25.3 Å². The number of hydrogen-bond donors (Lipinski definition) is 1. The lowest BCUT2D eigenvalue weighted by Crippen LogP contribution is -2.34. The van der Waals surface area contributed by atoms with Gasteiger partial charge in [-0.15, -0.1) is 0 Å². The molecule has 0 rings (SSSR count). The lowest BCUT2D eigenvalue weighted by atomic mass is 10.0. The maximum Gasteiger partial charge on any atom is 0.0623 e. The van der Waals surface area contributed by atoms with Crippen molar-refractivity contribution in [1.29, 1.82) is 0 Å². The summed E-state index contributed by atoms with van der Waals surface area (Å²) >= 11 is 0. The van der Waals surface area contributed by atoms with Crippen LogP contribution >= 0.6 is 0 Å². The van der Waals surface area contributed by atoms with E-state index in [1.165, 1.54) is 70.6 Å². The Balaban J connectivity index is 3.36. The molecule has 0 amide bonds. The van der Waals surface area contributed by atoms with Crippen LogP contribution in [-0.2, 0) is 4.74 Å². The highest BCUT2D eigenvalue weighted by atomic mass is 16.5. The van der Waals surface area contributed by atoms with Gasteiger partial charge in [-0.25, -0.2) is 0 Å². The van der Waals surface area contributed by atoms with Gasteiger partial charge < -0.3 is 10.1 Å². The van der Waals surface area contributed by atoms with Gasteiger partial charge in [-0.2, -0.15) is 0 Å². The predicted molar refractivity (Wildman–Crippen MR) is 95.0 cm³/mol. The Kier molecular flexibility index (Phi) is 16.2. The number of likely N-dealkylation sites (N-methyl/N-ethyl adjacent to an activating group) is 1. The van der Waals surface area contributed by atoms with Crippen molar-refractivity contribution in [3.05, 3.63) is 0 Å². The summed E-state index contributed by atoms with van der Waals surface area (Å²) in [5.41, 5.74) is 0. The fraction of sp³-hybridized carbons (Fsp3) is 1.00. The molecule has 0 saturated carbocycles. The summed E-state index contributed by atoms with van der Waals surface area (Å²) in [6.45, 7) is 10.6. The molecular formula is C19H41NO. The van der Waals surface area contributed by atoms with Gasteiger partial charge in [-0.1, -0.05) is 78.1 Å². The van der Waals surface area contributed by atoms with Gasteiger partial charge in [0.05, 0.1) is 12.7 Å². The van der Waals surface area contributed by atoms with Crippen LogP contribution in [0.2, 0.25) is 0 Å². The Hall–Kier alpha value is -0.0800. The normalized spacial score (nSPS) is 13.0. The first-order chi connectivity index (χ1) is 10.2. The first kappa shape index (κ1) is 20.9. The molecule has 0 aliphatic rings. The Labute approximate surface area is 134 Å². The molecule has 0 saturated heterocycles. The monoisotopic (exact) mass is 299 g/mol. The Morgan fingerprint density at radius 1 is 0.762 bits per heavy atom. The first-order valence-electron chi connectivity index (χ1n) is 9.55. The van der Waals surface area contributed by atoms with Gasteiger partial charge in [0.25, 0.3) is 0 Å². The molecule has 2 heteroatoms. The van der Waals surface area contributed by atoms with E-state index in [1.54, 1.807) is 0 Å². The lowest BCUT2D eigenvalue weighted by molar-refractivity contribution is 0.0593. The van der Waals surface area contributed by atoms with E-state index in [2.05, 4.69) is 33.0 Å². The molecule has 0 fully saturated rings. The van der Waals surface area contributed by atoms with Gasteiger partial charge in [0.1, 0.15) is 0 Å². The maximum absolute atomic E-state index is 5.74. The summed E-state index contributed by atoms with van der Waals surface area (Å²) in [4.78, 5) is 0. The molecule has 0 aromatic carbocycles. The first-order valence-corrected chi connectivity index (χ1v) is 9.55. The van der Waals surface area contributed by atoms with E-state index in [-0.39, 0.29) is 0 Å². The van der Waals surface area contributed by atoms with Crippen LogP contribution in [0.5, 0.6) is 0 Å². The smallest absolute Gasteiger partial charge is 0.0623 e. The molecule has 2 nitrogen and oxygen atoms in total. The molecule has 0 heterocycles. The Bertz CT molecular complexity index is 194. The van der Waals surface area contributed by atoms with Gasteiger partial charge >= 0.3 is 0 Å². The van der Waals surface area contributed by atoms with Crippen molar-refractivity contribution in [3.8, 4) is 0 Å². The van der Waals surface area contributed by atoms with Crippen molar-refractivity contribution in [2.45, 2.75) is 110 Å². The van der Waals surface area contributed by atoms with E-state index in [9.17, 15) is 0 Å². The van der Waals surface area contributed by atoms with E-state index in [1.807, 2.05) is 0 Å². The van der Waals surface area contributed by atoms with Crippen LogP contribution in [0.15, 0.2) is 0 Å². The SMILES string of the molecule is CCCCCCCCCCCCC(COC(C)C)NCC. The summed E-state index contributed by atoms with van der Waals surface area (Å²) in [5.74, 6) is 0. The minimum atomic E-state index is 0.346. The largest absolute Gasteiger partial charge is 0.377 e. The topological polar surface area (TPSA) is 21.3 Å². The molecule has 0 aliphatic carbocycles. The van der Waals surface area contributed by atoms with Crippen molar-refractivity contribution < 1.29 is 4.74 Å². The second kappa shape index (κ2) is 16.3. The van der Waals surface area contributed by atoms with Crippen molar-refractivity contribution in [3.63, 3.8) is 0 Å². The summed E-state index contributed by atoms with van der Waals surface area (Å²) in [7, 11) is 0. The van der Waals surface area contributed by atoms with Crippen molar-refractivity contribution in [2.75, 3.05) is 13.2 Å². The molecule has 0 aromatic rings. The second-order valence-electron chi connectivity index (χ2n) is 6.61. The standard InChI is InChI=1S/C19H41NO/c1-5-7-8-9-10-11-12-13-14-15-16-19(20-6-2)17-21-18(3)4/h18-20H,5-17H2,1-4H3. The zero-order chi connectivity index (χ0) is 15.8. The summed E-state index contributed by atoms with van der Waals surface area (Å²) < 4.78 is 5.74. The Morgan fingerprint density at radius 3 is 1.76 bits per heavy atom. The van der Waals surface area contributed by atoms with E-state index < -0.39 is 0 Å². The van der Waals surface area contributed by atoms with Crippen LogP contribution < -0.4 is 5.32 Å². The van der Waals surface area contributed by atoms with Crippen LogP contribution in [0.25, 0.3) is 0 Å². The minimum absolute atomic E-state index is 0.346. The molecule has 0 aromatic heterocycles. The molecule has 0 spiro atoms. The summed E-state index contributed by atoms with van der Waals surface area (Å²) in [5, 5.41) is 3.54. The fourth-order valence-corrected chi connectivity index (χ4v) is 2.72. The molecule has 0 radical (unpaired) electrons. The van der Waals surface area contributed by atoms with Crippen molar-refractivity contribution in [1.82, 2.24) is 5.32 Å². The third-order valence-corrected chi connectivity index (χ3v) is 4.03. The van der Waals surface area contributed by atoms with Gasteiger partial charge in [0.15, 0.2) is 0 Å². The number of nitrogens with one attached hydrogen (secondary N) is 1. The Morgan fingerprint density at radius 2 is 1.29 bits per heavy atom. The average molecular weight is 300 g/mol. The zero-order valence-electron chi connectivity index (χ0n) is 15.3. The lowest BCUT2D eigenvalue weighted by Gasteiger charge is -2.19. The predicted octanol–water partition coefficient (Wildman–Crippen LogP) is 5.70. The fourth-order valence-electron chi connectivity index (χ4n) is 2.72. The van der Waals surface area contributed by atoms with Crippen molar-refractivity contribution >= 4 is 0 Å². The molecule has 21 heavy (non-hydrogen) atoms. The highest BCUT2D eigenvalue weighted by Gasteiger charge is 2.08. The second-order valence-corrected chi connectivity index (χ2v) is 6.61. The van der Waals surface area contributed by atoms with Gasteiger partial charge in [-0.3, -0.25) is 0 Å². The molecule has 0 bridgehead atoms. The van der Waals surface area contributed by atoms with Crippen LogP contribution in [0.3, 0.4) is 0 Å². The van der Waals surface area contributed by atoms with Crippen molar-refractivity contribution in [2.24, 2.45) is 0 Å². The molecule has 1 atom stereocenters. The van der Waals surface area contributed by atoms with Gasteiger partial charge in [0, 0.05) is 6.04 Å². The number of hydrogen-bond acceptors (Lipinski definition) is 2. The zero-order valence-corrected chi connectivity index (χ0v) is 15.3. The van der Waals surface area contributed by atoms with E-state index in [0.29, 0.717) is 12.1 Å². The average Bonchev–Trinajstić information content (AvgIpc) is 2.46. The van der Waals surface area contributed by atoms with E-state index >= 15 is 0 Å². The highest BCUT2D eigenvalue weighted by Crippen LogP contribution is 2.12. The summed E-state index contributed by atoms with van der Waals surface area (Å²) in [6.07, 6.45) is 15.7. The third kappa shape index (κ3) is 16.1. The molecular weight excluding hydrogens is 258 g/mol. The molecule has 0 aliphatic heterocycles. The van der Waals surface area contributed by atoms with E-state index in [4.69, 9.17) is 4.74 Å². The number of ether oxygens (including phenoxy) is 1. The third-order valence-electron chi connectivity index (χ3n) is 4.03. The van der Waals surface area contributed by atoms with Crippen LogP contribution in [0.1, 0.15) is 98.3 Å². The van der Waals surface area contributed by atoms with Crippen LogP contribution in [0, 0.1) is 0 Å². The van der Waals surface area contributed by atoms with Gasteiger partial charge in [-0.05, 0) is 26.8 Å². The quantitative estimate of drug-likeness (QED) is 0.369. The summed E-state index contributed by atoms with van der Waals surface area (Å²) in [6, 6.07) is 0.548. The van der Waals surface area contributed by atoms with Crippen LogP contribution in [0.4, 0.5) is 0 Å². The number of unbranched alkanes of at least 4 members (excludes halogenated alkanes) is 9. The van der Waals surface area contributed by atoms with Gasteiger partial charge in [0.2, 0.25) is 0 Å². The minimum Gasteiger partial charge on any atom is -0.377 e. The highest BCUT2D eigenvalue weighted by molar-refractivity contribution is 4.66. The molecule has 128 valence electrons. The molecule has 1 unspecified atom stereocenters. The van der Waals surface area contributed by atoms with E-state index in [0.717, 1.165) is 13.2 Å². The molecule has 1 N–H and O–H groups in total. The maximum atomic E-state index is 5.74.